The van der Waals surface area contributed by atoms with E-state index < -0.39 is 24.5 Å². The molecule has 1 saturated heterocycles. The number of fused-ring (bicyclic) bond motifs is 1. The predicted octanol–water partition coefficient (Wildman–Crippen LogP) is 0.462. The first kappa shape index (κ1) is 17.6. The van der Waals surface area contributed by atoms with Crippen molar-refractivity contribution >= 4 is 22.4 Å². The summed E-state index contributed by atoms with van der Waals surface area (Å²) in [7, 11) is 0. The van der Waals surface area contributed by atoms with E-state index in [0.717, 1.165) is 0 Å². The predicted molar refractivity (Wildman–Crippen MR) is 98.8 cm³/mol. The number of rotatable bonds is 2. The Kier molecular flexibility index (Phi) is 4.63. The largest absolute Gasteiger partial charge is 0.388 e. The summed E-state index contributed by atoms with van der Waals surface area (Å²) in [4.78, 5) is 8.93. The van der Waals surface area contributed by atoms with Crippen LogP contribution in [0.2, 0.25) is 0 Å². The molecular weight excluding hydrogens is 348 g/mol. The summed E-state index contributed by atoms with van der Waals surface area (Å²) in [6.45, 7) is -0.126. The van der Waals surface area contributed by atoms with Gasteiger partial charge in [-0.2, -0.15) is 4.98 Å². The van der Waals surface area contributed by atoms with Gasteiger partial charge < -0.3 is 25.8 Å². The van der Waals surface area contributed by atoms with Crippen molar-refractivity contribution in [2.24, 2.45) is 4.99 Å². The number of nitrogen functional groups attached to an aromatic ring is 1. The van der Waals surface area contributed by atoms with Crippen molar-refractivity contribution in [3.63, 3.8) is 0 Å². The number of nitrogens with zero attached hydrogens (tertiary/aromatic N) is 3. The van der Waals surface area contributed by atoms with Crippen molar-refractivity contribution in [3.05, 3.63) is 60.2 Å². The summed E-state index contributed by atoms with van der Waals surface area (Å²) in [5, 5.41) is 31.1. The topological polar surface area (TPSA) is 126 Å². The molecule has 0 radical (unpaired) electrons. The van der Waals surface area contributed by atoms with E-state index >= 15 is 0 Å². The normalized spacial score (nSPS) is 26.4. The van der Waals surface area contributed by atoms with E-state index in [4.69, 9.17) is 10.5 Å². The highest BCUT2D eigenvalue weighted by Gasteiger charge is 2.39. The lowest BCUT2D eigenvalue weighted by molar-refractivity contribution is -0.210. The molecule has 1 aliphatic heterocycles. The number of ether oxygens (including phenoxy) is 1. The number of nitrogens with two attached hydrogens (primary N) is 1. The molecule has 0 bridgehead atoms. The Balaban J connectivity index is 1.98. The van der Waals surface area contributed by atoms with Gasteiger partial charge in [-0.1, -0.05) is 30.3 Å². The fraction of sp³-hybridized carbons (Fsp3) is 0.263. The molecule has 4 rings (SSSR count). The Labute approximate surface area is 154 Å². The van der Waals surface area contributed by atoms with E-state index in [0.29, 0.717) is 22.4 Å². The second-order valence-corrected chi connectivity index (χ2v) is 6.40. The van der Waals surface area contributed by atoms with Gasteiger partial charge in [0.2, 0.25) is 5.62 Å². The lowest BCUT2D eigenvalue weighted by atomic mass is 10.0. The number of aromatic nitrogens is 2. The van der Waals surface area contributed by atoms with E-state index in [-0.39, 0.29) is 12.2 Å². The van der Waals surface area contributed by atoms with Crippen LogP contribution in [0.1, 0.15) is 6.23 Å². The maximum atomic E-state index is 10.5. The van der Waals surface area contributed by atoms with Crippen molar-refractivity contribution < 1.29 is 20.1 Å². The van der Waals surface area contributed by atoms with Crippen LogP contribution in [0.3, 0.4) is 0 Å². The average Bonchev–Trinajstić information content (AvgIpc) is 2.68. The molecule has 0 saturated carbocycles. The summed E-state index contributed by atoms with van der Waals surface area (Å²) in [6.07, 6.45) is -4.86. The molecule has 0 aliphatic carbocycles. The minimum absolute atomic E-state index is 0.126. The van der Waals surface area contributed by atoms with Gasteiger partial charge >= 0.3 is 0 Å². The second-order valence-electron chi connectivity index (χ2n) is 6.40. The zero-order valence-corrected chi connectivity index (χ0v) is 14.4. The van der Waals surface area contributed by atoms with Gasteiger partial charge in [0.05, 0.1) is 17.8 Å². The molecule has 1 fully saturated rings. The minimum atomic E-state index is -1.36. The monoisotopic (exact) mass is 368 g/mol. The number of para-hydroxylation sites is 2. The quantitative estimate of drug-likeness (QED) is 0.521. The van der Waals surface area contributed by atoms with Crippen LogP contribution < -0.4 is 11.4 Å². The van der Waals surface area contributed by atoms with Crippen LogP contribution >= 0.6 is 0 Å². The molecule has 1 aromatic heterocycles. The lowest BCUT2D eigenvalue weighted by Gasteiger charge is -2.36. The Morgan fingerprint density at radius 3 is 2.48 bits per heavy atom. The molecule has 8 heteroatoms. The SMILES string of the molecule is Nc1nc(=Nc2ccccc2)n(C2OCC(O)C(O)C2O)c2ccccc12. The number of hydrogen-bond donors (Lipinski definition) is 4. The molecular formula is C19H20N4O4. The highest BCUT2D eigenvalue weighted by atomic mass is 16.5. The van der Waals surface area contributed by atoms with Gasteiger partial charge in [-0.15, -0.1) is 0 Å². The fourth-order valence-corrected chi connectivity index (χ4v) is 3.20. The van der Waals surface area contributed by atoms with Crippen LogP contribution in [-0.2, 0) is 4.74 Å². The highest BCUT2D eigenvalue weighted by Crippen LogP contribution is 2.27. The summed E-state index contributed by atoms with van der Waals surface area (Å²) < 4.78 is 7.24. The van der Waals surface area contributed by atoms with Crippen LogP contribution in [0.4, 0.5) is 11.5 Å². The molecule has 0 amide bonds. The van der Waals surface area contributed by atoms with Gasteiger partial charge in [-0.05, 0) is 24.3 Å². The highest BCUT2D eigenvalue weighted by molar-refractivity contribution is 5.88. The Bertz CT molecular complexity index is 1020. The molecule has 2 aromatic carbocycles. The van der Waals surface area contributed by atoms with Crippen molar-refractivity contribution in [2.75, 3.05) is 12.3 Å². The number of benzene rings is 2. The van der Waals surface area contributed by atoms with E-state index in [1.807, 2.05) is 48.5 Å². The maximum absolute atomic E-state index is 10.5. The van der Waals surface area contributed by atoms with Crippen LogP contribution in [0.25, 0.3) is 10.9 Å². The maximum Gasteiger partial charge on any atom is 0.234 e. The van der Waals surface area contributed by atoms with Crippen molar-refractivity contribution in [1.82, 2.24) is 9.55 Å². The fourth-order valence-electron chi connectivity index (χ4n) is 3.20. The Morgan fingerprint density at radius 1 is 1.00 bits per heavy atom. The molecule has 4 unspecified atom stereocenters. The minimum Gasteiger partial charge on any atom is -0.388 e. The Morgan fingerprint density at radius 2 is 1.70 bits per heavy atom. The summed E-state index contributed by atoms with van der Waals surface area (Å²) >= 11 is 0. The van der Waals surface area contributed by atoms with Crippen LogP contribution in [0, 0.1) is 0 Å². The Hall–Kier alpha value is -2.78. The standard InChI is InChI=1S/C19H20N4O4/c20-17-12-8-4-5-9-13(12)23(18-16(26)15(25)14(24)10-27-18)19(22-17)21-11-6-2-1-3-7-11/h1-9,14-16,18,24-26H,10H2,(H2,20,21,22). The second kappa shape index (κ2) is 7.09. The zero-order valence-electron chi connectivity index (χ0n) is 14.4. The summed E-state index contributed by atoms with van der Waals surface area (Å²) in [5.74, 6) is 0.294. The number of anilines is 1. The first-order valence-corrected chi connectivity index (χ1v) is 8.58. The summed E-state index contributed by atoms with van der Waals surface area (Å²) in [6, 6.07) is 16.5. The third kappa shape index (κ3) is 3.19. The zero-order chi connectivity index (χ0) is 19.0. The molecule has 140 valence electrons. The van der Waals surface area contributed by atoms with Crippen molar-refractivity contribution in [1.29, 1.82) is 0 Å². The smallest absolute Gasteiger partial charge is 0.234 e. The molecule has 8 nitrogen and oxygen atoms in total. The molecule has 3 aromatic rings. The average molecular weight is 368 g/mol. The van der Waals surface area contributed by atoms with Gasteiger partial charge in [0, 0.05) is 5.39 Å². The van der Waals surface area contributed by atoms with Gasteiger partial charge in [-0.25, -0.2) is 4.99 Å². The lowest BCUT2D eigenvalue weighted by Crippen LogP contribution is -2.52. The first-order chi connectivity index (χ1) is 13.1. The molecule has 5 N–H and O–H groups in total. The van der Waals surface area contributed by atoms with E-state index in [9.17, 15) is 15.3 Å². The van der Waals surface area contributed by atoms with Gasteiger partial charge in [-0.3, -0.25) is 4.57 Å². The third-order valence-corrected chi connectivity index (χ3v) is 4.59. The van der Waals surface area contributed by atoms with Gasteiger partial charge in [0.25, 0.3) is 0 Å². The third-order valence-electron chi connectivity index (χ3n) is 4.59. The number of aliphatic hydroxyl groups is 3. The van der Waals surface area contributed by atoms with Crippen LogP contribution in [0.15, 0.2) is 59.6 Å². The van der Waals surface area contributed by atoms with Crippen LogP contribution in [0.5, 0.6) is 0 Å². The summed E-state index contributed by atoms with van der Waals surface area (Å²) in [5.41, 5.74) is 7.64. The molecule has 1 aliphatic rings. The van der Waals surface area contributed by atoms with E-state index in [1.54, 1.807) is 10.6 Å². The molecule has 4 atom stereocenters. The first-order valence-electron chi connectivity index (χ1n) is 8.58. The number of aliphatic hydroxyl groups excluding tert-OH is 3. The molecule has 0 spiro atoms. The van der Waals surface area contributed by atoms with E-state index in [1.165, 1.54) is 0 Å². The van der Waals surface area contributed by atoms with Crippen molar-refractivity contribution in [2.45, 2.75) is 24.5 Å². The van der Waals surface area contributed by atoms with Crippen molar-refractivity contribution in [3.8, 4) is 0 Å². The molecule has 27 heavy (non-hydrogen) atoms. The van der Waals surface area contributed by atoms with Crippen LogP contribution in [-0.4, -0.2) is 49.8 Å². The molecule has 2 heterocycles. The van der Waals surface area contributed by atoms with Gasteiger partial charge in [0.1, 0.15) is 24.1 Å². The van der Waals surface area contributed by atoms with E-state index in [2.05, 4.69) is 9.98 Å². The number of hydrogen-bond acceptors (Lipinski definition) is 7. The van der Waals surface area contributed by atoms with Gasteiger partial charge in [0.15, 0.2) is 6.23 Å².